The van der Waals surface area contributed by atoms with Gasteiger partial charge in [-0.3, -0.25) is 9.59 Å². The zero-order valence-corrected chi connectivity index (χ0v) is 14.7. The Bertz CT molecular complexity index is 585. The van der Waals surface area contributed by atoms with Gasteiger partial charge in [-0.1, -0.05) is 26.0 Å². The van der Waals surface area contributed by atoms with Crippen molar-refractivity contribution in [1.82, 2.24) is 4.90 Å². The monoisotopic (exact) mass is 401 g/mol. The number of amides is 1. The number of carbonyl (C=O) groups excluding carboxylic acids is 1. The summed E-state index contributed by atoms with van der Waals surface area (Å²) in [5.74, 6) is -0.858. The molecule has 1 heterocycles. The first kappa shape index (κ1) is 16.3. The van der Waals surface area contributed by atoms with Gasteiger partial charge in [-0.25, -0.2) is 0 Å². The molecule has 5 heteroatoms. The van der Waals surface area contributed by atoms with Crippen LogP contribution >= 0.6 is 22.6 Å². The summed E-state index contributed by atoms with van der Waals surface area (Å²) in [5, 5.41) is 9.56. The zero-order valence-electron chi connectivity index (χ0n) is 12.5. The summed E-state index contributed by atoms with van der Waals surface area (Å²) in [7, 11) is 0. The number of benzene rings is 1. The van der Waals surface area contributed by atoms with Gasteiger partial charge in [-0.05, 0) is 53.5 Å². The van der Waals surface area contributed by atoms with Gasteiger partial charge in [0.1, 0.15) is 0 Å². The molecular weight excluding hydrogens is 381 g/mol. The summed E-state index contributed by atoms with van der Waals surface area (Å²) in [6.45, 7) is 6.60. The molecular formula is C16H20INO3. The Kier molecular flexibility index (Phi) is 4.60. The Morgan fingerprint density at radius 2 is 2.05 bits per heavy atom. The number of carboxylic acids is 1. The molecule has 4 nitrogen and oxygen atoms in total. The van der Waals surface area contributed by atoms with E-state index in [0.717, 1.165) is 9.13 Å². The predicted molar refractivity (Wildman–Crippen MR) is 89.3 cm³/mol. The maximum absolute atomic E-state index is 12.7. The first-order valence-corrected chi connectivity index (χ1v) is 8.15. The van der Waals surface area contributed by atoms with Crippen LogP contribution in [0.15, 0.2) is 18.2 Å². The number of hydrogen-bond acceptors (Lipinski definition) is 2. The van der Waals surface area contributed by atoms with Crippen molar-refractivity contribution < 1.29 is 14.7 Å². The van der Waals surface area contributed by atoms with Crippen molar-refractivity contribution in [3.05, 3.63) is 32.9 Å². The molecule has 1 aliphatic heterocycles. The van der Waals surface area contributed by atoms with Crippen LogP contribution in [-0.2, 0) is 4.79 Å². The van der Waals surface area contributed by atoms with Crippen LogP contribution in [0, 0.1) is 21.8 Å². The number of hydrogen-bond donors (Lipinski definition) is 1. The Labute approximate surface area is 138 Å². The van der Waals surface area contributed by atoms with Gasteiger partial charge in [-0.2, -0.15) is 0 Å². The fourth-order valence-electron chi connectivity index (χ4n) is 2.88. The maximum atomic E-state index is 12.7. The molecule has 1 fully saturated rings. The van der Waals surface area contributed by atoms with Crippen molar-refractivity contribution in [2.45, 2.75) is 27.2 Å². The van der Waals surface area contributed by atoms with E-state index in [-0.39, 0.29) is 11.8 Å². The Morgan fingerprint density at radius 3 is 2.57 bits per heavy atom. The predicted octanol–water partition coefficient (Wildman–Crippen LogP) is 3.17. The van der Waals surface area contributed by atoms with Crippen molar-refractivity contribution in [3.8, 4) is 0 Å². The van der Waals surface area contributed by atoms with E-state index in [0.29, 0.717) is 25.1 Å². The summed E-state index contributed by atoms with van der Waals surface area (Å²) in [6.07, 6.45) is 0.522. The molecule has 0 bridgehead atoms. The van der Waals surface area contributed by atoms with Crippen LogP contribution < -0.4 is 0 Å². The van der Waals surface area contributed by atoms with Crippen LogP contribution in [0.3, 0.4) is 0 Å². The Morgan fingerprint density at radius 1 is 1.38 bits per heavy atom. The Hall–Kier alpha value is -1.11. The lowest BCUT2D eigenvalue weighted by atomic mass is 9.76. The molecule has 1 atom stereocenters. The van der Waals surface area contributed by atoms with E-state index < -0.39 is 11.4 Å². The number of likely N-dealkylation sites (tertiary alicyclic amines) is 1. The lowest BCUT2D eigenvalue weighted by molar-refractivity contribution is -0.150. The van der Waals surface area contributed by atoms with Crippen LogP contribution in [0.5, 0.6) is 0 Å². The molecule has 21 heavy (non-hydrogen) atoms. The molecule has 114 valence electrons. The molecule has 0 aliphatic carbocycles. The topological polar surface area (TPSA) is 57.6 Å². The molecule has 1 aromatic rings. The quantitative estimate of drug-likeness (QED) is 0.792. The Balaban J connectivity index is 2.27. The van der Waals surface area contributed by atoms with Gasteiger partial charge in [0.25, 0.3) is 5.91 Å². The SMILES string of the molecule is Cc1cccc(C(=O)N2CCC(C(=O)O)(C(C)C)C2)c1I. The molecule has 0 saturated carbocycles. The first-order chi connectivity index (χ1) is 9.79. The number of aliphatic carboxylic acids is 1. The maximum Gasteiger partial charge on any atom is 0.311 e. The second-order valence-corrected chi connectivity index (χ2v) is 7.11. The average Bonchev–Trinajstić information content (AvgIpc) is 2.87. The summed E-state index contributed by atoms with van der Waals surface area (Å²) in [4.78, 5) is 26.0. The smallest absolute Gasteiger partial charge is 0.311 e. The second kappa shape index (κ2) is 5.94. The number of carbonyl (C=O) groups is 2. The van der Waals surface area contributed by atoms with Gasteiger partial charge in [0.2, 0.25) is 0 Å². The molecule has 0 radical (unpaired) electrons. The van der Waals surface area contributed by atoms with Crippen LogP contribution in [0.1, 0.15) is 36.2 Å². The number of carboxylic acid groups (broad SMARTS) is 1. The molecule has 1 amide bonds. The molecule has 1 aliphatic rings. The van der Waals surface area contributed by atoms with E-state index >= 15 is 0 Å². The number of nitrogens with zero attached hydrogens (tertiary/aromatic N) is 1. The van der Waals surface area contributed by atoms with Gasteiger partial charge in [0.15, 0.2) is 0 Å². The zero-order chi connectivity index (χ0) is 15.8. The van der Waals surface area contributed by atoms with E-state index in [4.69, 9.17) is 0 Å². The highest BCUT2D eigenvalue weighted by molar-refractivity contribution is 14.1. The molecule has 0 aromatic heterocycles. The second-order valence-electron chi connectivity index (χ2n) is 6.03. The number of rotatable bonds is 3. The minimum atomic E-state index is -0.815. The fraction of sp³-hybridized carbons (Fsp3) is 0.500. The minimum absolute atomic E-state index is 0.00406. The van der Waals surface area contributed by atoms with Gasteiger partial charge >= 0.3 is 5.97 Å². The van der Waals surface area contributed by atoms with Gasteiger partial charge in [-0.15, -0.1) is 0 Å². The van der Waals surface area contributed by atoms with Crippen molar-refractivity contribution in [3.63, 3.8) is 0 Å². The van der Waals surface area contributed by atoms with Crippen molar-refractivity contribution >= 4 is 34.5 Å². The largest absolute Gasteiger partial charge is 0.481 e. The fourth-order valence-corrected chi connectivity index (χ4v) is 3.47. The van der Waals surface area contributed by atoms with Crippen molar-refractivity contribution in [2.24, 2.45) is 11.3 Å². The highest BCUT2D eigenvalue weighted by Gasteiger charge is 2.48. The van der Waals surface area contributed by atoms with E-state index in [1.165, 1.54) is 0 Å². The first-order valence-electron chi connectivity index (χ1n) is 7.07. The lowest BCUT2D eigenvalue weighted by Crippen LogP contribution is -2.40. The molecule has 1 unspecified atom stereocenters. The highest BCUT2D eigenvalue weighted by atomic mass is 127. The third-order valence-corrected chi connectivity index (χ3v) is 5.97. The lowest BCUT2D eigenvalue weighted by Gasteiger charge is -2.28. The van der Waals surface area contributed by atoms with Gasteiger partial charge < -0.3 is 10.0 Å². The summed E-state index contributed by atoms with van der Waals surface area (Å²) in [5.41, 5.74) is 0.917. The van der Waals surface area contributed by atoms with Crippen LogP contribution in [0.4, 0.5) is 0 Å². The van der Waals surface area contributed by atoms with Crippen molar-refractivity contribution in [1.29, 1.82) is 0 Å². The van der Waals surface area contributed by atoms with Crippen LogP contribution in [0.2, 0.25) is 0 Å². The van der Waals surface area contributed by atoms with Gasteiger partial charge in [0, 0.05) is 16.7 Å². The highest BCUT2D eigenvalue weighted by Crippen LogP contribution is 2.39. The molecule has 0 spiro atoms. The van der Waals surface area contributed by atoms with Crippen LogP contribution in [0.25, 0.3) is 0 Å². The molecule has 1 N–H and O–H groups in total. The summed E-state index contributed by atoms with van der Waals surface area (Å²) in [6, 6.07) is 5.65. The number of aryl methyl sites for hydroxylation is 1. The third kappa shape index (κ3) is 2.80. The normalized spacial score (nSPS) is 21.9. The van der Waals surface area contributed by atoms with E-state index in [9.17, 15) is 14.7 Å². The molecule has 1 aromatic carbocycles. The molecule has 2 rings (SSSR count). The molecule has 1 saturated heterocycles. The van der Waals surface area contributed by atoms with E-state index in [1.54, 1.807) is 4.90 Å². The van der Waals surface area contributed by atoms with E-state index in [2.05, 4.69) is 22.6 Å². The average molecular weight is 401 g/mol. The third-order valence-electron chi connectivity index (χ3n) is 4.54. The van der Waals surface area contributed by atoms with Gasteiger partial charge in [0.05, 0.1) is 11.0 Å². The standard InChI is InChI=1S/C16H20INO3/c1-10(2)16(15(20)21)7-8-18(9-16)14(19)12-6-4-5-11(3)13(12)17/h4-6,10H,7-9H2,1-3H3,(H,20,21). The van der Waals surface area contributed by atoms with Crippen molar-refractivity contribution in [2.75, 3.05) is 13.1 Å². The number of halogens is 1. The summed E-state index contributed by atoms with van der Waals surface area (Å²) >= 11 is 2.18. The summed E-state index contributed by atoms with van der Waals surface area (Å²) < 4.78 is 0.942. The van der Waals surface area contributed by atoms with E-state index in [1.807, 2.05) is 39.0 Å². The minimum Gasteiger partial charge on any atom is -0.481 e. The van der Waals surface area contributed by atoms with Crippen LogP contribution in [-0.4, -0.2) is 35.0 Å².